The van der Waals surface area contributed by atoms with Gasteiger partial charge in [0.1, 0.15) is 11.6 Å². The minimum absolute atomic E-state index is 0.268. The van der Waals surface area contributed by atoms with Crippen LogP contribution in [0.15, 0.2) is 66.9 Å². The summed E-state index contributed by atoms with van der Waals surface area (Å²) < 4.78 is 29.6. The van der Waals surface area contributed by atoms with Crippen LogP contribution >= 0.6 is 11.6 Å². The molecule has 168 valence electrons. The lowest BCUT2D eigenvalue weighted by Crippen LogP contribution is -2.20. The van der Waals surface area contributed by atoms with Gasteiger partial charge < -0.3 is 10.4 Å². The van der Waals surface area contributed by atoms with Crippen LogP contribution in [-0.4, -0.2) is 10.1 Å². The zero-order valence-corrected chi connectivity index (χ0v) is 19.0. The number of hydrogen-bond donors (Lipinski definition) is 2. The number of benzene rings is 3. The first-order chi connectivity index (χ1) is 15.7. The Morgan fingerprint density at radius 3 is 2.33 bits per heavy atom. The van der Waals surface area contributed by atoms with Crippen LogP contribution in [0.25, 0.3) is 22.0 Å². The van der Waals surface area contributed by atoms with E-state index in [1.807, 2.05) is 6.07 Å². The van der Waals surface area contributed by atoms with Gasteiger partial charge >= 0.3 is 0 Å². The van der Waals surface area contributed by atoms with Crippen molar-refractivity contribution in [2.75, 3.05) is 5.32 Å². The van der Waals surface area contributed by atoms with E-state index in [2.05, 4.69) is 10.3 Å². The van der Waals surface area contributed by atoms with E-state index in [0.29, 0.717) is 38.3 Å². The Morgan fingerprint density at radius 1 is 1.00 bits per heavy atom. The largest absolute Gasteiger partial charge is 0.386 e. The van der Waals surface area contributed by atoms with Crippen LogP contribution in [0.3, 0.4) is 0 Å². The Balaban J connectivity index is 1.61. The molecule has 0 amide bonds. The number of aromatic nitrogens is 1. The molecule has 4 aromatic rings. The first-order valence-corrected chi connectivity index (χ1v) is 11.2. The maximum absolute atomic E-state index is 15.0. The monoisotopic (exact) mass is 464 g/mol. The van der Waals surface area contributed by atoms with E-state index in [0.717, 1.165) is 18.4 Å². The van der Waals surface area contributed by atoms with Crippen molar-refractivity contribution in [3.05, 3.63) is 94.6 Å². The quantitative estimate of drug-likeness (QED) is 0.329. The van der Waals surface area contributed by atoms with E-state index in [1.165, 1.54) is 18.3 Å². The molecule has 2 N–H and O–H groups in total. The molecule has 0 atom stereocenters. The fraction of sp³-hybridized carbons (Fsp3) is 0.222. The summed E-state index contributed by atoms with van der Waals surface area (Å²) in [5.74, 6) is -0.676. The number of anilines is 1. The fourth-order valence-electron chi connectivity index (χ4n) is 4.27. The second kappa shape index (κ2) is 7.79. The van der Waals surface area contributed by atoms with Gasteiger partial charge in [-0.2, -0.15) is 0 Å². The predicted octanol–water partition coefficient (Wildman–Crippen LogP) is 7.16. The zero-order valence-electron chi connectivity index (χ0n) is 18.3. The minimum Gasteiger partial charge on any atom is -0.386 e. The molecule has 0 spiro atoms. The molecule has 1 heterocycles. The van der Waals surface area contributed by atoms with Crippen LogP contribution in [0.5, 0.6) is 0 Å². The fourth-order valence-corrected chi connectivity index (χ4v) is 4.47. The van der Waals surface area contributed by atoms with Gasteiger partial charge in [-0.05, 0) is 49.9 Å². The summed E-state index contributed by atoms with van der Waals surface area (Å²) in [5, 5.41) is 14.7. The van der Waals surface area contributed by atoms with Gasteiger partial charge in [0.15, 0.2) is 0 Å². The summed E-state index contributed by atoms with van der Waals surface area (Å²) in [4.78, 5) is 4.31. The van der Waals surface area contributed by atoms with Crippen molar-refractivity contribution in [3.8, 4) is 11.1 Å². The molecule has 0 bridgehead atoms. The van der Waals surface area contributed by atoms with E-state index < -0.39 is 17.0 Å². The third-order valence-corrected chi connectivity index (χ3v) is 6.60. The van der Waals surface area contributed by atoms with Crippen molar-refractivity contribution in [2.45, 2.75) is 37.8 Å². The van der Waals surface area contributed by atoms with Crippen LogP contribution in [-0.2, 0) is 11.1 Å². The van der Waals surface area contributed by atoms with Gasteiger partial charge in [-0.25, -0.2) is 8.78 Å². The summed E-state index contributed by atoms with van der Waals surface area (Å²) in [6.07, 6.45) is 3.02. The second-order valence-corrected chi connectivity index (χ2v) is 9.56. The van der Waals surface area contributed by atoms with Crippen molar-refractivity contribution < 1.29 is 13.9 Å². The summed E-state index contributed by atoms with van der Waals surface area (Å²) in [5.41, 5.74) is 1.93. The Bertz CT molecular complexity index is 1360. The Morgan fingerprint density at radius 2 is 1.70 bits per heavy atom. The molecule has 0 radical (unpaired) electrons. The molecule has 0 aliphatic heterocycles. The number of hydrogen-bond acceptors (Lipinski definition) is 3. The smallest absolute Gasteiger partial charge is 0.133 e. The summed E-state index contributed by atoms with van der Waals surface area (Å²) >= 11 is 6.53. The maximum atomic E-state index is 15.0. The van der Waals surface area contributed by atoms with Gasteiger partial charge in [0.05, 0.1) is 27.4 Å². The van der Waals surface area contributed by atoms with Crippen LogP contribution in [0.2, 0.25) is 5.02 Å². The Kier molecular flexibility index (Phi) is 5.15. The van der Waals surface area contributed by atoms with Gasteiger partial charge in [-0.3, -0.25) is 4.98 Å². The van der Waals surface area contributed by atoms with Crippen molar-refractivity contribution in [1.82, 2.24) is 4.98 Å². The summed E-state index contributed by atoms with van der Waals surface area (Å²) in [6, 6.07) is 17.0. The van der Waals surface area contributed by atoms with Gasteiger partial charge in [0.25, 0.3) is 0 Å². The Hall–Kier alpha value is -3.02. The molecule has 1 saturated carbocycles. The lowest BCUT2D eigenvalue weighted by atomic mass is 9.94. The minimum atomic E-state index is -0.986. The number of fused-ring (bicyclic) bond motifs is 1. The number of nitrogens with zero attached hydrogens (tertiary/aromatic N) is 1. The molecule has 0 saturated heterocycles. The highest BCUT2D eigenvalue weighted by atomic mass is 35.5. The zero-order chi connectivity index (χ0) is 23.4. The van der Waals surface area contributed by atoms with Gasteiger partial charge in [0, 0.05) is 28.8 Å². The van der Waals surface area contributed by atoms with Crippen molar-refractivity contribution in [2.24, 2.45) is 0 Å². The molecule has 5 rings (SSSR count). The van der Waals surface area contributed by atoms with E-state index in [4.69, 9.17) is 11.6 Å². The molecule has 3 nitrogen and oxygen atoms in total. The van der Waals surface area contributed by atoms with E-state index >= 15 is 4.39 Å². The first-order valence-electron chi connectivity index (χ1n) is 10.8. The predicted molar refractivity (Wildman–Crippen MR) is 128 cm³/mol. The first kappa shape index (κ1) is 21.8. The van der Waals surface area contributed by atoms with E-state index in [1.54, 1.807) is 56.3 Å². The van der Waals surface area contributed by atoms with Crippen molar-refractivity contribution >= 4 is 28.2 Å². The standard InChI is InChI=1S/C27H23ClF2N2O/c1-26(2,33)17-9-7-16(8-10-17)18-13-19-24(14-23(18)30)31-15-21(28)25(19)32-27(11-12-27)20-5-3-4-6-22(20)29/h3-10,13-15,33H,11-12H2,1-2H3,(H,31,32). The number of pyridine rings is 1. The highest BCUT2D eigenvalue weighted by molar-refractivity contribution is 6.34. The van der Waals surface area contributed by atoms with Crippen molar-refractivity contribution in [3.63, 3.8) is 0 Å². The van der Waals surface area contributed by atoms with E-state index in [9.17, 15) is 9.50 Å². The summed E-state index contributed by atoms with van der Waals surface area (Å²) in [7, 11) is 0. The number of halogens is 3. The van der Waals surface area contributed by atoms with Crippen LogP contribution in [0.1, 0.15) is 37.8 Å². The number of nitrogens with one attached hydrogen (secondary N) is 1. The molecule has 1 aromatic heterocycles. The van der Waals surface area contributed by atoms with Gasteiger partial charge in [-0.15, -0.1) is 0 Å². The Labute approximate surface area is 196 Å². The highest BCUT2D eigenvalue weighted by Gasteiger charge is 2.46. The average molecular weight is 465 g/mol. The van der Waals surface area contributed by atoms with Crippen LogP contribution < -0.4 is 5.32 Å². The number of aliphatic hydroxyl groups is 1. The molecule has 6 heteroatoms. The number of rotatable bonds is 5. The van der Waals surface area contributed by atoms with E-state index in [-0.39, 0.29) is 5.82 Å². The average Bonchev–Trinajstić information content (AvgIpc) is 3.56. The topological polar surface area (TPSA) is 45.1 Å². The van der Waals surface area contributed by atoms with Gasteiger partial charge in [0.2, 0.25) is 0 Å². The molecule has 0 unspecified atom stereocenters. The van der Waals surface area contributed by atoms with Crippen molar-refractivity contribution in [1.29, 1.82) is 0 Å². The van der Waals surface area contributed by atoms with Crippen LogP contribution in [0, 0.1) is 11.6 Å². The molecule has 1 fully saturated rings. The normalized spacial score (nSPS) is 15.0. The second-order valence-electron chi connectivity index (χ2n) is 9.15. The lowest BCUT2D eigenvalue weighted by molar-refractivity contribution is 0.0786. The van der Waals surface area contributed by atoms with Gasteiger partial charge in [-0.1, -0.05) is 54.1 Å². The molecule has 33 heavy (non-hydrogen) atoms. The third kappa shape index (κ3) is 3.96. The van der Waals surface area contributed by atoms with Crippen LogP contribution in [0.4, 0.5) is 14.5 Å². The SMILES string of the molecule is CC(C)(O)c1ccc(-c2cc3c(NC4(c5ccccc5F)CC4)c(Cl)cnc3cc2F)cc1. The molecule has 1 aliphatic rings. The maximum Gasteiger partial charge on any atom is 0.133 e. The molecule has 1 aliphatic carbocycles. The third-order valence-electron chi connectivity index (χ3n) is 6.32. The lowest BCUT2D eigenvalue weighted by Gasteiger charge is -2.22. The molecule has 3 aromatic carbocycles. The summed E-state index contributed by atoms with van der Waals surface area (Å²) in [6.45, 7) is 3.40. The highest BCUT2D eigenvalue weighted by Crippen LogP contribution is 2.51. The molecular weight excluding hydrogens is 442 g/mol. The molecular formula is C27H23ClF2N2O.